The molecule has 0 aliphatic rings. The highest BCUT2D eigenvalue weighted by Crippen LogP contribution is 2.09. The lowest BCUT2D eigenvalue weighted by Gasteiger charge is -2.27. The van der Waals surface area contributed by atoms with Crippen molar-refractivity contribution < 1.29 is 4.79 Å². The Morgan fingerprint density at radius 3 is 2.44 bits per heavy atom. The molecule has 1 amide bonds. The smallest absolute Gasteiger partial charge is 0.226 e. The fourth-order valence-electron chi connectivity index (χ4n) is 1.44. The second-order valence-electron chi connectivity index (χ2n) is 4.04. The molecular formula is C11H25ClN2OS. The number of carbonyl (C=O) groups is 1. The van der Waals surface area contributed by atoms with Gasteiger partial charge < -0.3 is 10.2 Å². The van der Waals surface area contributed by atoms with E-state index >= 15 is 0 Å². The maximum Gasteiger partial charge on any atom is 0.226 e. The maximum atomic E-state index is 11.9. The first-order chi connectivity index (χ1) is 7.04. The van der Waals surface area contributed by atoms with Crippen molar-refractivity contribution >= 4 is 30.1 Å². The molecule has 98 valence electrons. The molecule has 1 N–H and O–H groups in total. The van der Waals surface area contributed by atoms with Crippen molar-refractivity contribution in [3.05, 3.63) is 0 Å². The quantitative estimate of drug-likeness (QED) is 0.765. The third-order valence-electron chi connectivity index (χ3n) is 2.68. The van der Waals surface area contributed by atoms with Crippen molar-refractivity contribution in [3.63, 3.8) is 0 Å². The highest BCUT2D eigenvalue weighted by Gasteiger charge is 2.20. The molecular weight excluding hydrogens is 244 g/mol. The van der Waals surface area contributed by atoms with Crippen molar-refractivity contribution in [1.29, 1.82) is 0 Å². The number of thioether (sulfide) groups is 1. The summed E-state index contributed by atoms with van der Waals surface area (Å²) in [6.45, 7) is 4.83. The summed E-state index contributed by atoms with van der Waals surface area (Å²) in [5.41, 5.74) is 0. The Hall–Kier alpha value is 0.0700. The Balaban J connectivity index is 0. The summed E-state index contributed by atoms with van der Waals surface area (Å²) in [4.78, 5) is 13.8. The topological polar surface area (TPSA) is 32.3 Å². The second-order valence-corrected chi connectivity index (χ2v) is 5.02. The number of halogens is 1. The molecule has 0 heterocycles. The van der Waals surface area contributed by atoms with Crippen LogP contribution in [-0.4, -0.2) is 49.5 Å². The molecule has 0 aromatic rings. The van der Waals surface area contributed by atoms with E-state index in [9.17, 15) is 4.79 Å². The first-order valence-electron chi connectivity index (χ1n) is 5.44. The van der Waals surface area contributed by atoms with Gasteiger partial charge in [0.15, 0.2) is 0 Å². The molecule has 0 aromatic heterocycles. The fraction of sp³-hybridized carbons (Fsp3) is 0.909. The van der Waals surface area contributed by atoms with Gasteiger partial charge in [-0.2, -0.15) is 11.8 Å². The van der Waals surface area contributed by atoms with Crippen LogP contribution in [0.15, 0.2) is 0 Å². The number of carbonyl (C=O) groups excluding carboxylic acids is 1. The minimum atomic E-state index is 0. The predicted octanol–water partition coefficient (Wildman–Crippen LogP) is 1.86. The number of amides is 1. The zero-order chi connectivity index (χ0) is 11.8. The zero-order valence-corrected chi connectivity index (χ0v) is 12.6. The maximum absolute atomic E-state index is 11.9. The number of nitrogens with one attached hydrogen (secondary N) is 1. The largest absolute Gasteiger partial charge is 0.343 e. The van der Waals surface area contributed by atoms with Gasteiger partial charge in [0, 0.05) is 25.6 Å². The van der Waals surface area contributed by atoms with E-state index in [1.54, 1.807) is 0 Å². The zero-order valence-electron chi connectivity index (χ0n) is 10.9. The molecule has 2 unspecified atom stereocenters. The minimum absolute atomic E-state index is 0. The lowest BCUT2D eigenvalue weighted by Crippen LogP contribution is -2.41. The summed E-state index contributed by atoms with van der Waals surface area (Å²) in [5, 5.41) is 3.03. The van der Waals surface area contributed by atoms with Gasteiger partial charge >= 0.3 is 0 Å². The Bertz CT molecular complexity index is 193. The molecule has 0 saturated heterocycles. The molecule has 0 fully saturated rings. The lowest BCUT2D eigenvalue weighted by molar-refractivity contribution is -0.135. The van der Waals surface area contributed by atoms with Gasteiger partial charge in [0.25, 0.3) is 0 Å². The van der Waals surface area contributed by atoms with E-state index in [1.165, 1.54) is 0 Å². The molecule has 0 bridgehead atoms. The molecule has 0 aromatic carbocycles. The van der Waals surface area contributed by atoms with Crippen LogP contribution in [0.25, 0.3) is 0 Å². The molecule has 0 spiro atoms. The minimum Gasteiger partial charge on any atom is -0.343 e. The van der Waals surface area contributed by atoms with Crippen molar-refractivity contribution in [1.82, 2.24) is 10.2 Å². The molecule has 0 radical (unpaired) electrons. The van der Waals surface area contributed by atoms with Crippen LogP contribution in [0.1, 0.15) is 20.3 Å². The molecule has 3 nitrogen and oxygen atoms in total. The van der Waals surface area contributed by atoms with Crippen LogP contribution >= 0.6 is 24.2 Å². The second kappa shape index (κ2) is 10.2. The Morgan fingerprint density at radius 1 is 1.44 bits per heavy atom. The third kappa shape index (κ3) is 6.61. The average molecular weight is 269 g/mol. The summed E-state index contributed by atoms with van der Waals surface area (Å²) >= 11 is 1.83. The van der Waals surface area contributed by atoms with Crippen LogP contribution in [-0.2, 0) is 4.79 Å². The van der Waals surface area contributed by atoms with Crippen LogP contribution in [0.2, 0.25) is 0 Å². The van der Waals surface area contributed by atoms with E-state index in [0.29, 0.717) is 6.04 Å². The third-order valence-corrected chi connectivity index (χ3v) is 3.32. The Labute approximate surface area is 110 Å². The van der Waals surface area contributed by atoms with E-state index in [4.69, 9.17) is 0 Å². The van der Waals surface area contributed by atoms with Crippen molar-refractivity contribution in [2.75, 3.05) is 32.6 Å². The van der Waals surface area contributed by atoms with Crippen LogP contribution < -0.4 is 5.32 Å². The van der Waals surface area contributed by atoms with Crippen LogP contribution in [0, 0.1) is 5.92 Å². The Morgan fingerprint density at radius 2 is 2.00 bits per heavy atom. The average Bonchev–Trinajstić information content (AvgIpc) is 2.24. The van der Waals surface area contributed by atoms with Crippen molar-refractivity contribution in [2.45, 2.75) is 26.3 Å². The summed E-state index contributed by atoms with van der Waals surface area (Å²) in [5.74, 6) is 1.41. The van der Waals surface area contributed by atoms with Gasteiger partial charge in [0.1, 0.15) is 0 Å². The van der Waals surface area contributed by atoms with Gasteiger partial charge in [-0.1, -0.05) is 6.92 Å². The van der Waals surface area contributed by atoms with Crippen LogP contribution in [0.4, 0.5) is 0 Å². The number of hydrogen-bond donors (Lipinski definition) is 1. The summed E-state index contributed by atoms with van der Waals surface area (Å²) in [7, 11) is 3.78. The number of hydrogen-bond acceptors (Lipinski definition) is 3. The highest BCUT2D eigenvalue weighted by molar-refractivity contribution is 7.98. The molecule has 0 rings (SSSR count). The normalized spacial score (nSPS) is 13.8. The lowest BCUT2D eigenvalue weighted by atomic mass is 10.1. The monoisotopic (exact) mass is 268 g/mol. The summed E-state index contributed by atoms with van der Waals surface area (Å²) < 4.78 is 0. The van der Waals surface area contributed by atoms with Gasteiger partial charge in [-0.05, 0) is 32.4 Å². The SMILES string of the molecule is CNCC(C)C(=O)N(C)C(C)CCSC.Cl. The van der Waals surface area contributed by atoms with E-state index in [-0.39, 0.29) is 24.2 Å². The molecule has 5 heteroatoms. The first kappa shape index (κ1) is 18.4. The van der Waals surface area contributed by atoms with Crippen molar-refractivity contribution in [2.24, 2.45) is 5.92 Å². The molecule has 2 atom stereocenters. The predicted molar refractivity (Wildman–Crippen MR) is 75.6 cm³/mol. The fourth-order valence-corrected chi connectivity index (χ4v) is 2.02. The Kier molecular flexibility index (Phi) is 11.8. The van der Waals surface area contributed by atoms with Crippen molar-refractivity contribution in [3.8, 4) is 0 Å². The summed E-state index contributed by atoms with van der Waals surface area (Å²) in [6.07, 6.45) is 3.16. The van der Waals surface area contributed by atoms with E-state index in [1.807, 2.05) is 37.7 Å². The number of rotatable bonds is 7. The van der Waals surface area contributed by atoms with E-state index in [0.717, 1.165) is 18.7 Å². The van der Waals surface area contributed by atoms with Crippen LogP contribution in [0.3, 0.4) is 0 Å². The van der Waals surface area contributed by atoms with Gasteiger partial charge in [-0.3, -0.25) is 4.79 Å². The molecule has 0 aliphatic heterocycles. The highest BCUT2D eigenvalue weighted by atomic mass is 35.5. The summed E-state index contributed by atoms with van der Waals surface area (Å²) in [6, 6.07) is 0.337. The molecule has 16 heavy (non-hydrogen) atoms. The van der Waals surface area contributed by atoms with Crippen LogP contribution in [0.5, 0.6) is 0 Å². The van der Waals surface area contributed by atoms with Gasteiger partial charge in [0.05, 0.1) is 0 Å². The van der Waals surface area contributed by atoms with Gasteiger partial charge in [-0.15, -0.1) is 12.4 Å². The van der Waals surface area contributed by atoms with E-state index < -0.39 is 0 Å². The van der Waals surface area contributed by atoms with Gasteiger partial charge in [-0.25, -0.2) is 0 Å². The van der Waals surface area contributed by atoms with E-state index in [2.05, 4.69) is 18.5 Å². The van der Waals surface area contributed by atoms with Gasteiger partial charge in [0.2, 0.25) is 5.91 Å². The standard InChI is InChI=1S/C11H24N2OS.ClH/c1-9(8-12-3)11(14)13(4)10(2)6-7-15-5;/h9-10,12H,6-8H2,1-5H3;1H. The first-order valence-corrected chi connectivity index (χ1v) is 6.84. The molecule has 0 aliphatic carbocycles. The number of nitrogens with zero attached hydrogens (tertiary/aromatic N) is 1. The molecule has 0 saturated carbocycles.